The zero-order valence-electron chi connectivity index (χ0n) is 15.3. The van der Waals surface area contributed by atoms with E-state index in [1.165, 1.54) is 19.1 Å². The van der Waals surface area contributed by atoms with E-state index in [9.17, 15) is 22.8 Å². The highest BCUT2D eigenvalue weighted by Crippen LogP contribution is 2.32. The fourth-order valence-corrected chi connectivity index (χ4v) is 2.97. The van der Waals surface area contributed by atoms with Crippen LogP contribution in [0.5, 0.6) is 0 Å². The van der Waals surface area contributed by atoms with Crippen molar-refractivity contribution in [2.24, 2.45) is 0 Å². The largest absolute Gasteiger partial charge is 0.435 e. The van der Waals surface area contributed by atoms with Gasteiger partial charge in [-0.05, 0) is 31.5 Å². The topological polar surface area (TPSA) is 87.3 Å². The number of aromatic nitrogens is 2. The van der Waals surface area contributed by atoms with Gasteiger partial charge in [0.05, 0.1) is 18.8 Å². The third-order valence-corrected chi connectivity index (χ3v) is 4.47. The van der Waals surface area contributed by atoms with Crippen LogP contribution in [-0.4, -0.2) is 53.2 Å². The van der Waals surface area contributed by atoms with Crippen LogP contribution in [0.25, 0.3) is 0 Å². The SMILES string of the molecule is Cc1ccc(NC(=O)c2c(C(F)(F)F)n[nH]c2C)cc1C(=O)N1CCOCC1. The van der Waals surface area contributed by atoms with Gasteiger partial charge in [0.1, 0.15) is 0 Å². The number of aryl methyl sites for hydroxylation is 2. The number of hydrogen-bond donors (Lipinski definition) is 2. The van der Waals surface area contributed by atoms with E-state index in [0.29, 0.717) is 37.4 Å². The Morgan fingerprint density at radius 2 is 1.89 bits per heavy atom. The number of nitrogens with one attached hydrogen (secondary N) is 2. The predicted octanol–water partition coefficient (Wildman–Crippen LogP) is 2.77. The molecule has 0 saturated carbocycles. The molecule has 2 N–H and O–H groups in total. The van der Waals surface area contributed by atoms with Gasteiger partial charge in [0.25, 0.3) is 11.8 Å². The fourth-order valence-electron chi connectivity index (χ4n) is 2.97. The van der Waals surface area contributed by atoms with Gasteiger partial charge < -0.3 is 15.0 Å². The van der Waals surface area contributed by atoms with Crippen LogP contribution >= 0.6 is 0 Å². The minimum atomic E-state index is -4.76. The number of halogens is 3. The Bertz CT molecular complexity index is 902. The van der Waals surface area contributed by atoms with Gasteiger partial charge in [-0.2, -0.15) is 18.3 Å². The molecule has 3 rings (SSSR count). The van der Waals surface area contributed by atoms with Crippen LogP contribution in [-0.2, 0) is 10.9 Å². The molecule has 0 bridgehead atoms. The van der Waals surface area contributed by atoms with Crippen molar-refractivity contribution in [1.82, 2.24) is 15.1 Å². The molecule has 1 aromatic heterocycles. The molecule has 1 saturated heterocycles. The van der Waals surface area contributed by atoms with Crippen LogP contribution in [0.15, 0.2) is 18.2 Å². The highest BCUT2D eigenvalue weighted by atomic mass is 19.4. The van der Waals surface area contributed by atoms with Crippen molar-refractivity contribution in [3.63, 3.8) is 0 Å². The Morgan fingerprint density at radius 1 is 1.21 bits per heavy atom. The molecule has 0 unspecified atom stereocenters. The monoisotopic (exact) mass is 396 g/mol. The van der Waals surface area contributed by atoms with Gasteiger partial charge in [-0.25, -0.2) is 0 Å². The van der Waals surface area contributed by atoms with E-state index in [-0.39, 0.29) is 17.3 Å². The van der Waals surface area contributed by atoms with E-state index in [2.05, 4.69) is 15.5 Å². The summed E-state index contributed by atoms with van der Waals surface area (Å²) in [5.74, 6) is -1.17. The zero-order valence-corrected chi connectivity index (χ0v) is 15.3. The van der Waals surface area contributed by atoms with Gasteiger partial charge in [-0.15, -0.1) is 0 Å². The maximum absolute atomic E-state index is 13.1. The zero-order chi connectivity index (χ0) is 20.5. The molecular weight excluding hydrogens is 377 g/mol. The van der Waals surface area contributed by atoms with E-state index < -0.39 is 23.3 Å². The van der Waals surface area contributed by atoms with Crippen molar-refractivity contribution >= 4 is 17.5 Å². The molecule has 2 heterocycles. The number of carbonyl (C=O) groups excluding carboxylic acids is 2. The smallest absolute Gasteiger partial charge is 0.378 e. The molecule has 150 valence electrons. The first-order chi connectivity index (χ1) is 13.2. The number of nitrogens with zero attached hydrogens (tertiary/aromatic N) is 2. The summed E-state index contributed by atoms with van der Waals surface area (Å²) in [7, 11) is 0. The number of morpholine rings is 1. The Kier molecular flexibility index (Phi) is 5.41. The van der Waals surface area contributed by atoms with Crippen molar-refractivity contribution in [3.05, 3.63) is 46.3 Å². The number of amides is 2. The van der Waals surface area contributed by atoms with Crippen molar-refractivity contribution < 1.29 is 27.5 Å². The molecule has 1 aliphatic rings. The molecule has 0 aliphatic carbocycles. The Morgan fingerprint density at radius 3 is 2.54 bits per heavy atom. The van der Waals surface area contributed by atoms with E-state index >= 15 is 0 Å². The number of hydrogen-bond acceptors (Lipinski definition) is 4. The van der Waals surface area contributed by atoms with Crippen molar-refractivity contribution in [1.29, 1.82) is 0 Å². The molecule has 1 aromatic carbocycles. The number of benzene rings is 1. The first-order valence-corrected chi connectivity index (χ1v) is 8.59. The minimum absolute atomic E-state index is 0.00144. The molecule has 0 spiro atoms. The third-order valence-electron chi connectivity index (χ3n) is 4.47. The lowest BCUT2D eigenvalue weighted by Gasteiger charge is -2.27. The molecule has 0 radical (unpaired) electrons. The average Bonchev–Trinajstić information content (AvgIpc) is 3.05. The van der Waals surface area contributed by atoms with Crippen LogP contribution in [0.1, 0.15) is 37.7 Å². The molecule has 0 atom stereocenters. The second kappa shape index (κ2) is 7.63. The number of rotatable bonds is 3. The molecule has 7 nitrogen and oxygen atoms in total. The number of ether oxygens (including phenoxy) is 1. The molecular formula is C18H19F3N4O3. The summed E-state index contributed by atoms with van der Waals surface area (Å²) in [5.41, 5.74) is -0.555. The van der Waals surface area contributed by atoms with E-state index in [4.69, 9.17) is 4.74 Å². The van der Waals surface area contributed by atoms with Crippen molar-refractivity contribution in [2.75, 3.05) is 31.6 Å². The number of carbonyl (C=O) groups is 2. The average molecular weight is 396 g/mol. The maximum atomic E-state index is 13.1. The van der Waals surface area contributed by atoms with Gasteiger partial charge in [0.2, 0.25) is 0 Å². The van der Waals surface area contributed by atoms with Crippen LogP contribution in [0.2, 0.25) is 0 Å². The van der Waals surface area contributed by atoms with Crippen molar-refractivity contribution in [3.8, 4) is 0 Å². The summed E-state index contributed by atoms with van der Waals surface area (Å²) < 4.78 is 44.4. The quantitative estimate of drug-likeness (QED) is 0.835. The maximum Gasteiger partial charge on any atom is 0.435 e. The molecule has 1 fully saturated rings. The lowest BCUT2D eigenvalue weighted by Crippen LogP contribution is -2.41. The van der Waals surface area contributed by atoms with Gasteiger partial charge >= 0.3 is 6.18 Å². The fraction of sp³-hybridized carbons (Fsp3) is 0.389. The summed E-state index contributed by atoms with van der Waals surface area (Å²) in [6.45, 7) is 4.89. The number of anilines is 1. The summed E-state index contributed by atoms with van der Waals surface area (Å²) in [6, 6.07) is 4.63. The predicted molar refractivity (Wildman–Crippen MR) is 94.2 cm³/mol. The van der Waals surface area contributed by atoms with E-state index in [0.717, 1.165) is 0 Å². The van der Waals surface area contributed by atoms with Crippen LogP contribution in [0.3, 0.4) is 0 Å². The molecule has 28 heavy (non-hydrogen) atoms. The standard InChI is InChI=1S/C18H19F3N4O3/c1-10-3-4-12(9-13(10)17(27)25-5-7-28-8-6-25)22-16(26)14-11(2)23-24-15(14)18(19,20)21/h3-4,9H,5-8H2,1-2H3,(H,22,26)(H,23,24). The first-order valence-electron chi connectivity index (χ1n) is 8.59. The summed E-state index contributed by atoms with van der Waals surface area (Å²) in [5, 5.41) is 7.80. The summed E-state index contributed by atoms with van der Waals surface area (Å²) >= 11 is 0. The Hall–Kier alpha value is -2.88. The third kappa shape index (κ3) is 4.01. The van der Waals surface area contributed by atoms with E-state index in [1.54, 1.807) is 17.9 Å². The number of H-pyrrole nitrogens is 1. The molecule has 2 aromatic rings. The lowest BCUT2D eigenvalue weighted by molar-refractivity contribution is -0.141. The highest BCUT2D eigenvalue weighted by molar-refractivity contribution is 6.06. The number of aromatic amines is 1. The molecule has 2 amide bonds. The van der Waals surface area contributed by atoms with Gasteiger partial charge in [0, 0.05) is 30.0 Å². The van der Waals surface area contributed by atoms with E-state index in [1.807, 2.05) is 0 Å². The number of alkyl halides is 3. The second-order valence-electron chi connectivity index (χ2n) is 6.46. The van der Waals surface area contributed by atoms with Crippen molar-refractivity contribution in [2.45, 2.75) is 20.0 Å². The summed E-state index contributed by atoms with van der Waals surface area (Å²) in [4.78, 5) is 26.8. The minimum Gasteiger partial charge on any atom is -0.378 e. The van der Waals surface area contributed by atoms with Gasteiger partial charge in [-0.1, -0.05) is 6.07 Å². The van der Waals surface area contributed by atoms with Gasteiger partial charge in [-0.3, -0.25) is 14.7 Å². The van der Waals surface area contributed by atoms with Crippen LogP contribution in [0.4, 0.5) is 18.9 Å². The highest BCUT2D eigenvalue weighted by Gasteiger charge is 2.39. The normalized spacial score (nSPS) is 14.8. The summed E-state index contributed by atoms with van der Waals surface area (Å²) in [6.07, 6.45) is -4.76. The Balaban J connectivity index is 1.85. The molecule has 10 heteroatoms. The van der Waals surface area contributed by atoms with Crippen LogP contribution < -0.4 is 5.32 Å². The molecule has 1 aliphatic heterocycles. The lowest BCUT2D eigenvalue weighted by atomic mass is 10.1. The van der Waals surface area contributed by atoms with Gasteiger partial charge in [0.15, 0.2) is 5.69 Å². The van der Waals surface area contributed by atoms with Crippen LogP contribution in [0, 0.1) is 13.8 Å². The Labute approximate surface area is 158 Å². The second-order valence-corrected chi connectivity index (χ2v) is 6.46. The first kappa shape index (κ1) is 19.9.